The number of aromatic carboxylic acids is 1. The van der Waals surface area contributed by atoms with Crippen LogP contribution >= 0.6 is 0 Å². The maximum atomic E-state index is 12.8. The third-order valence-electron chi connectivity index (χ3n) is 5.66. The zero-order chi connectivity index (χ0) is 23.4. The van der Waals surface area contributed by atoms with Crippen molar-refractivity contribution in [3.63, 3.8) is 0 Å². The highest BCUT2D eigenvalue weighted by atomic mass is 19.4. The predicted octanol–water partition coefficient (Wildman–Crippen LogP) is 2.34. The van der Waals surface area contributed by atoms with Crippen molar-refractivity contribution in [2.45, 2.75) is 31.2 Å². The topological polar surface area (TPSA) is 101 Å². The lowest BCUT2D eigenvalue weighted by Gasteiger charge is -2.38. The van der Waals surface area contributed by atoms with Gasteiger partial charge in [-0.2, -0.15) is 13.2 Å². The Morgan fingerprint density at radius 1 is 1.12 bits per heavy atom. The molecule has 2 aliphatic heterocycles. The quantitative estimate of drug-likeness (QED) is 0.686. The van der Waals surface area contributed by atoms with Crippen LogP contribution in [0.5, 0.6) is 5.88 Å². The second kappa shape index (κ2) is 9.87. The van der Waals surface area contributed by atoms with Crippen LogP contribution in [0.15, 0.2) is 30.3 Å². The highest BCUT2D eigenvalue weighted by molar-refractivity contribution is 5.85. The second-order valence-electron chi connectivity index (χ2n) is 8.00. The number of rotatable bonds is 6. The van der Waals surface area contributed by atoms with Crippen molar-refractivity contribution in [2.24, 2.45) is 0 Å². The number of aromatic nitrogens is 3. The highest BCUT2D eigenvalue weighted by Crippen LogP contribution is 2.29. The van der Waals surface area contributed by atoms with Gasteiger partial charge in [0.1, 0.15) is 11.8 Å². The molecule has 2 atom stereocenters. The first-order valence-corrected chi connectivity index (χ1v) is 10.6. The molecule has 0 aromatic carbocycles. The lowest BCUT2D eigenvalue weighted by Crippen LogP contribution is -2.50. The number of pyridine rings is 1. The summed E-state index contributed by atoms with van der Waals surface area (Å²) in [6, 6.07) is 6.72. The van der Waals surface area contributed by atoms with E-state index in [0.717, 1.165) is 45.2 Å². The number of hydrogen-bond donors (Lipinski definition) is 1. The minimum absolute atomic E-state index is 0.0283. The monoisotopic (exact) mass is 467 g/mol. The number of hydrogen-bond acceptors (Lipinski definition) is 8. The van der Waals surface area contributed by atoms with Gasteiger partial charge < -0.3 is 19.5 Å². The number of nitrogens with zero attached hydrogens (tertiary/aromatic N) is 5. The Labute approximate surface area is 188 Å². The third kappa shape index (κ3) is 6.08. The molecule has 1 N–H and O–H groups in total. The summed E-state index contributed by atoms with van der Waals surface area (Å²) in [7, 11) is 0. The van der Waals surface area contributed by atoms with Crippen molar-refractivity contribution in [1.29, 1.82) is 0 Å². The van der Waals surface area contributed by atoms with Gasteiger partial charge in [0.05, 0.1) is 12.7 Å². The van der Waals surface area contributed by atoms with Crippen LogP contribution in [0, 0.1) is 0 Å². The number of ether oxygens (including phenoxy) is 2. The molecule has 9 nitrogen and oxygen atoms in total. The number of piperazine rings is 1. The minimum Gasteiger partial charge on any atom is -0.476 e. The Morgan fingerprint density at radius 2 is 1.91 bits per heavy atom. The second-order valence-corrected chi connectivity index (χ2v) is 8.00. The number of alkyl halides is 3. The van der Waals surface area contributed by atoms with E-state index in [1.807, 2.05) is 0 Å². The van der Waals surface area contributed by atoms with E-state index in [9.17, 15) is 18.0 Å². The number of carbonyl (C=O) groups is 1. The normalized spacial score (nSPS) is 22.2. The number of anilines is 1. The Hall–Kier alpha value is -2.99. The Bertz CT molecular complexity index is 944. The summed E-state index contributed by atoms with van der Waals surface area (Å²) in [4.78, 5) is 18.8. The van der Waals surface area contributed by atoms with Gasteiger partial charge in [0.15, 0.2) is 11.5 Å². The molecule has 0 aliphatic carbocycles. The van der Waals surface area contributed by atoms with E-state index in [-0.39, 0.29) is 23.8 Å². The molecule has 2 saturated heterocycles. The van der Waals surface area contributed by atoms with Crippen LogP contribution in [-0.4, -0.2) is 82.7 Å². The summed E-state index contributed by atoms with van der Waals surface area (Å²) >= 11 is 0. The molecule has 2 aliphatic rings. The zero-order valence-electron chi connectivity index (χ0n) is 17.7. The van der Waals surface area contributed by atoms with Crippen molar-refractivity contribution in [3.05, 3.63) is 41.7 Å². The Kier molecular flexibility index (Phi) is 6.94. The van der Waals surface area contributed by atoms with Gasteiger partial charge in [0.2, 0.25) is 5.88 Å². The van der Waals surface area contributed by atoms with Gasteiger partial charge in [0.25, 0.3) is 0 Å². The van der Waals surface area contributed by atoms with E-state index in [2.05, 4.69) is 25.0 Å². The van der Waals surface area contributed by atoms with E-state index in [1.54, 1.807) is 6.07 Å². The number of halogens is 3. The van der Waals surface area contributed by atoms with Crippen LogP contribution in [0.25, 0.3) is 0 Å². The predicted molar refractivity (Wildman–Crippen MR) is 110 cm³/mol. The van der Waals surface area contributed by atoms with Crippen molar-refractivity contribution in [2.75, 3.05) is 44.2 Å². The molecule has 178 valence electrons. The van der Waals surface area contributed by atoms with E-state index < -0.39 is 17.8 Å². The van der Waals surface area contributed by atoms with Crippen molar-refractivity contribution < 1.29 is 32.5 Å². The van der Waals surface area contributed by atoms with E-state index in [0.29, 0.717) is 18.8 Å². The average Bonchev–Trinajstić information content (AvgIpc) is 2.81. The van der Waals surface area contributed by atoms with Gasteiger partial charge in [-0.3, -0.25) is 4.90 Å². The number of carboxylic acid groups (broad SMARTS) is 1. The summed E-state index contributed by atoms with van der Waals surface area (Å²) in [6.45, 7) is 4.13. The van der Waals surface area contributed by atoms with Crippen LogP contribution in [0.2, 0.25) is 0 Å². The number of carboxylic acids is 1. The van der Waals surface area contributed by atoms with Crippen LogP contribution in [0.1, 0.15) is 29.0 Å². The fourth-order valence-corrected chi connectivity index (χ4v) is 3.88. The lowest BCUT2D eigenvalue weighted by atomic mass is 10.1. The fourth-order valence-electron chi connectivity index (χ4n) is 3.88. The van der Waals surface area contributed by atoms with Crippen molar-refractivity contribution in [1.82, 2.24) is 20.1 Å². The molecule has 2 fully saturated rings. The molecule has 4 rings (SSSR count). The van der Waals surface area contributed by atoms with Gasteiger partial charge in [-0.1, -0.05) is 6.07 Å². The summed E-state index contributed by atoms with van der Waals surface area (Å²) in [6.07, 6.45) is -3.39. The summed E-state index contributed by atoms with van der Waals surface area (Å²) in [5.41, 5.74) is -1.06. The fraction of sp³-hybridized carbons (Fsp3) is 0.524. The minimum atomic E-state index is -4.51. The maximum absolute atomic E-state index is 12.8. The molecule has 0 radical (unpaired) electrons. The summed E-state index contributed by atoms with van der Waals surface area (Å²) in [5, 5.41) is 16.6. The Morgan fingerprint density at radius 3 is 2.52 bits per heavy atom. The summed E-state index contributed by atoms with van der Waals surface area (Å²) < 4.78 is 49.9. The molecule has 33 heavy (non-hydrogen) atoms. The van der Waals surface area contributed by atoms with Gasteiger partial charge in [-0.25, -0.2) is 9.78 Å². The molecule has 2 aromatic rings. The molecule has 0 spiro atoms. The Balaban J connectivity index is 1.20. The van der Waals surface area contributed by atoms with Crippen molar-refractivity contribution in [3.8, 4) is 5.88 Å². The van der Waals surface area contributed by atoms with Crippen LogP contribution < -0.4 is 9.64 Å². The first-order valence-electron chi connectivity index (χ1n) is 10.6. The first-order chi connectivity index (χ1) is 15.8. The van der Waals surface area contributed by atoms with Gasteiger partial charge in [-0.15, -0.1) is 10.2 Å². The largest absolute Gasteiger partial charge is 0.476 e. The smallest absolute Gasteiger partial charge is 0.433 e. The van der Waals surface area contributed by atoms with E-state index in [1.165, 1.54) is 18.2 Å². The van der Waals surface area contributed by atoms with Crippen molar-refractivity contribution >= 4 is 11.8 Å². The van der Waals surface area contributed by atoms with E-state index >= 15 is 0 Å². The molecule has 0 amide bonds. The highest BCUT2D eigenvalue weighted by Gasteiger charge is 2.33. The molecule has 4 heterocycles. The lowest BCUT2D eigenvalue weighted by molar-refractivity contribution is -0.141. The standard InChI is InChI=1S/C21H24F3N5O4/c22-21(23,24)17-2-1-3-19(25-17)33-15-5-4-14(32-13-15)12-28-8-10-29(11-9-28)18-7-6-16(20(30)31)26-27-18/h1-3,6-7,14-15H,4-5,8-13H2,(H,30,31)/t14-,15+/m0/s1. The van der Waals surface area contributed by atoms with E-state index in [4.69, 9.17) is 14.6 Å². The first kappa shape index (κ1) is 23.2. The molecule has 0 bridgehead atoms. The van der Waals surface area contributed by atoms with Gasteiger partial charge in [0, 0.05) is 38.8 Å². The van der Waals surface area contributed by atoms with Gasteiger partial charge >= 0.3 is 12.1 Å². The van der Waals surface area contributed by atoms with Crippen LogP contribution in [-0.2, 0) is 10.9 Å². The van der Waals surface area contributed by atoms with Gasteiger partial charge in [-0.05, 0) is 31.0 Å². The third-order valence-corrected chi connectivity index (χ3v) is 5.66. The molecule has 0 saturated carbocycles. The average molecular weight is 467 g/mol. The molecular weight excluding hydrogens is 443 g/mol. The maximum Gasteiger partial charge on any atom is 0.433 e. The molecule has 12 heteroatoms. The SMILES string of the molecule is O=C(O)c1ccc(N2CCN(C[C@@H]3CC[C@@H](Oc4cccc(C(F)(F)F)n4)CO3)CC2)nn1. The molecule has 0 unspecified atom stereocenters. The molecule has 2 aromatic heterocycles. The van der Waals surface area contributed by atoms with Crippen LogP contribution in [0.3, 0.4) is 0 Å². The zero-order valence-corrected chi connectivity index (χ0v) is 17.7. The van der Waals surface area contributed by atoms with Crippen LogP contribution in [0.4, 0.5) is 19.0 Å². The molecular formula is C21H24F3N5O4. The summed E-state index contributed by atoms with van der Waals surface area (Å²) in [5.74, 6) is -0.505.